The highest BCUT2D eigenvalue weighted by molar-refractivity contribution is 5.03. The van der Waals surface area contributed by atoms with Gasteiger partial charge < -0.3 is 9.64 Å². The van der Waals surface area contributed by atoms with E-state index in [0.29, 0.717) is 6.04 Å². The lowest BCUT2D eigenvalue weighted by molar-refractivity contribution is 0.0595. The molecular weight excluding hydrogens is 238 g/mol. The molecule has 1 fully saturated rings. The summed E-state index contributed by atoms with van der Waals surface area (Å²) in [6, 6.07) is 6.76. The first-order valence-corrected chi connectivity index (χ1v) is 7.15. The smallest absolute Gasteiger partial charge is 0.0589 e. The molecule has 1 aliphatic rings. The first kappa shape index (κ1) is 14.4. The Morgan fingerprint density at radius 1 is 1.32 bits per heavy atom. The van der Waals surface area contributed by atoms with Crippen LogP contribution in [0.5, 0.6) is 0 Å². The average Bonchev–Trinajstić information content (AvgIpc) is 2.45. The molecule has 1 saturated heterocycles. The fraction of sp³-hybridized carbons (Fsp3) is 0.667. The molecule has 0 saturated carbocycles. The van der Waals surface area contributed by atoms with Crippen LogP contribution in [0, 0.1) is 0 Å². The molecule has 0 radical (unpaired) electrons. The highest BCUT2D eigenvalue weighted by atomic mass is 16.5. The van der Waals surface area contributed by atoms with Crippen LogP contribution in [-0.4, -0.2) is 67.3 Å². The third-order valence-corrected chi connectivity index (χ3v) is 3.84. The fourth-order valence-electron chi connectivity index (χ4n) is 2.63. The molecule has 4 nitrogen and oxygen atoms in total. The Bertz CT molecular complexity index is 358. The Kier molecular flexibility index (Phi) is 5.76. The second-order valence-electron chi connectivity index (χ2n) is 5.25. The van der Waals surface area contributed by atoms with Crippen molar-refractivity contribution in [2.45, 2.75) is 19.4 Å². The molecule has 0 aliphatic carbocycles. The van der Waals surface area contributed by atoms with Gasteiger partial charge in [-0.1, -0.05) is 6.07 Å². The van der Waals surface area contributed by atoms with E-state index in [1.54, 1.807) is 7.11 Å². The van der Waals surface area contributed by atoms with Gasteiger partial charge in [-0.3, -0.25) is 9.88 Å². The zero-order valence-electron chi connectivity index (χ0n) is 12.1. The Morgan fingerprint density at radius 2 is 2.21 bits per heavy atom. The van der Waals surface area contributed by atoms with E-state index in [4.69, 9.17) is 4.74 Å². The number of pyridine rings is 1. The van der Waals surface area contributed by atoms with E-state index in [-0.39, 0.29) is 0 Å². The summed E-state index contributed by atoms with van der Waals surface area (Å²) in [5, 5.41) is 0. The molecule has 0 spiro atoms. The van der Waals surface area contributed by atoms with Gasteiger partial charge in [0.05, 0.1) is 6.61 Å². The molecule has 1 aromatic heterocycles. The minimum Gasteiger partial charge on any atom is -0.383 e. The van der Waals surface area contributed by atoms with Crippen LogP contribution in [0.25, 0.3) is 0 Å². The highest BCUT2D eigenvalue weighted by Crippen LogP contribution is 2.09. The predicted molar refractivity (Wildman–Crippen MR) is 77.3 cm³/mol. The highest BCUT2D eigenvalue weighted by Gasteiger charge is 2.22. The van der Waals surface area contributed by atoms with Crippen molar-refractivity contribution in [1.82, 2.24) is 14.8 Å². The Balaban J connectivity index is 1.73. The summed E-state index contributed by atoms with van der Waals surface area (Å²) in [5.41, 5.74) is 1.19. The van der Waals surface area contributed by atoms with E-state index >= 15 is 0 Å². The molecule has 0 amide bonds. The van der Waals surface area contributed by atoms with Crippen molar-refractivity contribution in [3.8, 4) is 0 Å². The number of methoxy groups -OCH3 is 1. The third-order valence-electron chi connectivity index (χ3n) is 3.84. The quantitative estimate of drug-likeness (QED) is 0.773. The van der Waals surface area contributed by atoms with Gasteiger partial charge in [-0.05, 0) is 19.1 Å². The molecule has 19 heavy (non-hydrogen) atoms. The molecule has 0 N–H and O–H groups in total. The molecule has 1 aliphatic heterocycles. The normalized spacial score (nSPS) is 21.7. The van der Waals surface area contributed by atoms with E-state index in [1.165, 1.54) is 5.69 Å². The zero-order chi connectivity index (χ0) is 13.5. The first-order valence-electron chi connectivity index (χ1n) is 7.15. The predicted octanol–water partition coefficient (Wildman–Crippen LogP) is 1.28. The number of nitrogens with zero attached hydrogens (tertiary/aromatic N) is 3. The maximum atomic E-state index is 5.16. The van der Waals surface area contributed by atoms with Crippen LogP contribution in [0.2, 0.25) is 0 Å². The van der Waals surface area contributed by atoms with Crippen LogP contribution < -0.4 is 0 Å². The number of hydrogen-bond acceptors (Lipinski definition) is 4. The summed E-state index contributed by atoms with van der Waals surface area (Å²) in [4.78, 5) is 9.44. The van der Waals surface area contributed by atoms with E-state index < -0.39 is 0 Å². The SMILES string of the molecule is COCCN1CCN(CCc2ccccn2)CC1C. The lowest BCUT2D eigenvalue weighted by Gasteiger charge is -2.39. The third kappa shape index (κ3) is 4.56. The van der Waals surface area contributed by atoms with Gasteiger partial charge in [0.2, 0.25) is 0 Å². The van der Waals surface area contributed by atoms with E-state index in [1.807, 2.05) is 12.3 Å². The molecular formula is C15H25N3O. The number of hydrogen-bond donors (Lipinski definition) is 0. The maximum absolute atomic E-state index is 5.16. The summed E-state index contributed by atoms with van der Waals surface area (Å²) in [5.74, 6) is 0. The standard InChI is InChI=1S/C15H25N3O/c1-14-13-17(9-10-18(14)11-12-19-2)8-6-15-5-3-4-7-16-15/h3-5,7,14H,6,8-13H2,1-2H3. The van der Waals surface area contributed by atoms with Gasteiger partial charge in [0.15, 0.2) is 0 Å². The van der Waals surface area contributed by atoms with Crippen molar-refractivity contribution >= 4 is 0 Å². The molecule has 2 heterocycles. The van der Waals surface area contributed by atoms with Crippen molar-refractivity contribution in [1.29, 1.82) is 0 Å². The lowest BCUT2D eigenvalue weighted by Crippen LogP contribution is -2.52. The molecule has 1 atom stereocenters. The topological polar surface area (TPSA) is 28.6 Å². The zero-order valence-corrected chi connectivity index (χ0v) is 12.1. The maximum Gasteiger partial charge on any atom is 0.0589 e. The molecule has 1 unspecified atom stereocenters. The van der Waals surface area contributed by atoms with Crippen molar-refractivity contribution in [2.75, 3.05) is 46.4 Å². The summed E-state index contributed by atoms with van der Waals surface area (Å²) in [7, 11) is 1.77. The van der Waals surface area contributed by atoms with Gasteiger partial charge in [0.1, 0.15) is 0 Å². The van der Waals surface area contributed by atoms with Crippen molar-refractivity contribution in [3.05, 3.63) is 30.1 Å². The Morgan fingerprint density at radius 3 is 2.89 bits per heavy atom. The monoisotopic (exact) mass is 263 g/mol. The molecule has 0 bridgehead atoms. The Labute approximate surface area is 116 Å². The average molecular weight is 263 g/mol. The number of piperazine rings is 1. The van der Waals surface area contributed by atoms with Crippen LogP contribution in [-0.2, 0) is 11.2 Å². The summed E-state index contributed by atoms with van der Waals surface area (Å²) in [6.07, 6.45) is 2.92. The molecule has 4 heteroatoms. The van der Waals surface area contributed by atoms with Crippen molar-refractivity contribution in [2.24, 2.45) is 0 Å². The van der Waals surface area contributed by atoms with Gasteiger partial charge in [0.25, 0.3) is 0 Å². The molecule has 106 valence electrons. The van der Waals surface area contributed by atoms with Crippen LogP contribution >= 0.6 is 0 Å². The number of ether oxygens (including phenoxy) is 1. The van der Waals surface area contributed by atoms with E-state index in [2.05, 4.69) is 33.8 Å². The van der Waals surface area contributed by atoms with Gasteiger partial charge in [-0.2, -0.15) is 0 Å². The minimum atomic E-state index is 0.618. The van der Waals surface area contributed by atoms with E-state index in [9.17, 15) is 0 Å². The fourth-order valence-corrected chi connectivity index (χ4v) is 2.63. The number of rotatable bonds is 6. The summed E-state index contributed by atoms with van der Waals surface area (Å²) in [6.45, 7) is 8.75. The van der Waals surface area contributed by atoms with Gasteiger partial charge in [0, 0.05) is 64.2 Å². The molecule has 0 aromatic carbocycles. The summed E-state index contributed by atoms with van der Waals surface area (Å²) >= 11 is 0. The van der Waals surface area contributed by atoms with Gasteiger partial charge >= 0.3 is 0 Å². The molecule has 2 rings (SSSR count). The second kappa shape index (κ2) is 7.58. The van der Waals surface area contributed by atoms with Crippen molar-refractivity contribution in [3.63, 3.8) is 0 Å². The minimum absolute atomic E-state index is 0.618. The van der Waals surface area contributed by atoms with Gasteiger partial charge in [-0.15, -0.1) is 0 Å². The molecule has 1 aromatic rings. The first-order chi connectivity index (χ1) is 9.29. The largest absolute Gasteiger partial charge is 0.383 e. The summed E-state index contributed by atoms with van der Waals surface area (Å²) < 4.78 is 5.16. The van der Waals surface area contributed by atoms with Crippen LogP contribution in [0.3, 0.4) is 0 Å². The second-order valence-corrected chi connectivity index (χ2v) is 5.25. The lowest BCUT2D eigenvalue weighted by atomic mass is 10.1. The van der Waals surface area contributed by atoms with Crippen LogP contribution in [0.15, 0.2) is 24.4 Å². The van der Waals surface area contributed by atoms with E-state index in [0.717, 1.165) is 45.8 Å². The van der Waals surface area contributed by atoms with Crippen LogP contribution in [0.1, 0.15) is 12.6 Å². The van der Waals surface area contributed by atoms with Gasteiger partial charge in [-0.25, -0.2) is 0 Å². The van der Waals surface area contributed by atoms with Crippen molar-refractivity contribution < 1.29 is 4.74 Å². The van der Waals surface area contributed by atoms with Crippen LogP contribution in [0.4, 0.5) is 0 Å². The Hall–Kier alpha value is -0.970. The number of aromatic nitrogens is 1.